The summed E-state index contributed by atoms with van der Waals surface area (Å²) in [6.45, 7) is 9.40. The summed E-state index contributed by atoms with van der Waals surface area (Å²) in [6.07, 6.45) is 3.31. The lowest BCUT2D eigenvalue weighted by atomic mass is 9.87. The Labute approximate surface area is 199 Å². The molecule has 0 fully saturated rings. The number of aromatic nitrogens is 4. The van der Waals surface area contributed by atoms with Gasteiger partial charge in [0.05, 0.1) is 0 Å². The molecule has 7 nitrogen and oxygen atoms in total. The van der Waals surface area contributed by atoms with Crippen LogP contribution >= 0.6 is 0 Å². The van der Waals surface area contributed by atoms with Crippen molar-refractivity contribution in [2.24, 2.45) is 0 Å². The quantitative estimate of drug-likeness (QED) is 0.414. The highest BCUT2D eigenvalue weighted by molar-refractivity contribution is 5.61. The van der Waals surface area contributed by atoms with E-state index in [1.165, 1.54) is 29.3 Å². The van der Waals surface area contributed by atoms with Gasteiger partial charge in [0.1, 0.15) is 0 Å². The molecule has 0 aliphatic carbocycles. The van der Waals surface area contributed by atoms with Gasteiger partial charge in [-0.2, -0.15) is 4.98 Å². The third-order valence-corrected chi connectivity index (χ3v) is 6.46. The van der Waals surface area contributed by atoms with Gasteiger partial charge in [-0.1, -0.05) is 63.2 Å². The van der Waals surface area contributed by atoms with Crippen molar-refractivity contribution in [3.63, 3.8) is 0 Å². The van der Waals surface area contributed by atoms with Gasteiger partial charge in [-0.05, 0) is 41.9 Å². The van der Waals surface area contributed by atoms with Crippen molar-refractivity contribution in [2.75, 3.05) is 29.9 Å². The van der Waals surface area contributed by atoms with Crippen LogP contribution in [0, 0.1) is 0 Å². The molecule has 0 spiro atoms. The first-order chi connectivity index (χ1) is 16.4. The Balaban J connectivity index is 1.33. The molecule has 2 N–H and O–H groups in total. The highest BCUT2D eigenvalue weighted by Crippen LogP contribution is 2.27. The van der Waals surface area contributed by atoms with E-state index in [1.54, 1.807) is 4.52 Å². The second-order valence-electron chi connectivity index (χ2n) is 10.0. The van der Waals surface area contributed by atoms with Gasteiger partial charge in [0.2, 0.25) is 5.95 Å². The number of hydrogen-bond acceptors (Lipinski definition) is 5. The molecule has 0 saturated carbocycles. The summed E-state index contributed by atoms with van der Waals surface area (Å²) in [5, 5.41) is 6.23. The number of anilines is 2. The zero-order chi connectivity index (χ0) is 23.7. The maximum absolute atomic E-state index is 12.0. The minimum absolute atomic E-state index is 0.0822. The number of para-hydroxylation sites is 1. The van der Waals surface area contributed by atoms with Crippen LogP contribution in [-0.2, 0) is 11.8 Å². The van der Waals surface area contributed by atoms with E-state index < -0.39 is 0 Å². The Morgan fingerprint density at radius 3 is 2.65 bits per heavy atom. The lowest BCUT2D eigenvalue weighted by molar-refractivity contribution is 0.590. The predicted octanol–water partition coefficient (Wildman–Crippen LogP) is 4.64. The van der Waals surface area contributed by atoms with E-state index in [0.29, 0.717) is 17.4 Å². The Hall–Kier alpha value is -3.61. The summed E-state index contributed by atoms with van der Waals surface area (Å²) in [6, 6.07) is 18.5. The van der Waals surface area contributed by atoms with Crippen LogP contribution in [0.1, 0.15) is 44.7 Å². The monoisotopic (exact) mass is 456 g/mol. The molecule has 0 radical (unpaired) electrons. The molecule has 4 aromatic rings. The van der Waals surface area contributed by atoms with Crippen LogP contribution in [0.5, 0.6) is 0 Å². The van der Waals surface area contributed by atoms with Crippen LogP contribution in [-0.4, -0.2) is 39.2 Å². The Morgan fingerprint density at radius 2 is 1.85 bits per heavy atom. The first-order valence-corrected chi connectivity index (χ1v) is 12.1. The van der Waals surface area contributed by atoms with E-state index in [2.05, 4.69) is 89.6 Å². The zero-order valence-corrected chi connectivity index (χ0v) is 20.1. The Kier molecular flexibility index (Phi) is 5.86. The molecule has 1 aliphatic heterocycles. The standard InChI is InChI=1S/C27H32N6O/c1-27(2,3)21-13-11-20(12-14-21)25-29-23-18-24(34)31-33(23)26(30-25)28-15-7-17-32-16-6-9-19-8-4-5-10-22(19)32/h4-5,8,10-14,18H,6-7,9,15-17H2,1-3H3,(H,31,34)(H,28,29,30). The molecule has 7 heteroatoms. The number of H-pyrrole nitrogens is 1. The maximum atomic E-state index is 12.0. The molecular formula is C27H32N6O. The van der Waals surface area contributed by atoms with Crippen LogP contribution in [0.15, 0.2) is 59.4 Å². The molecule has 2 aromatic carbocycles. The van der Waals surface area contributed by atoms with Gasteiger partial charge in [-0.3, -0.25) is 9.89 Å². The number of rotatable bonds is 6. The van der Waals surface area contributed by atoms with Gasteiger partial charge in [-0.15, -0.1) is 0 Å². The Morgan fingerprint density at radius 1 is 1.06 bits per heavy atom. The van der Waals surface area contributed by atoms with Crippen LogP contribution in [0.2, 0.25) is 0 Å². The SMILES string of the molecule is CC(C)(C)c1ccc(-c2nc(NCCCN3CCCc4ccccc43)n3[nH]c(=O)cc3n2)cc1. The summed E-state index contributed by atoms with van der Waals surface area (Å²) in [7, 11) is 0. The van der Waals surface area contributed by atoms with E-state index in [4.69, 9.17) is 4.98 Å². The lowest BCUT2D eigenvalue weighted by Gasteiger charge is -2.31. The van der Waals surface area contributed by atoms with Crippen molar-refractivity contribution in [1.29, 1.82) is 0 Å². The minimum Gasteiger partial charge on any atom is -0.371 e. The molecule has 176 valence electrons. The predicted molar refractivity (Wildman–Crippen MR) is 138 cm³/mol. The number of nitrogens with one attached hydrogen (secondary N) is 2. The van der Waals surface area contributed by atoms with E-state index in [0.717, 1.165) is 38.0 Å². The fraction of sp³-hybridized carbons (Fsp3) is 0.370. The molecule has 0 saturated heterocycles. The molecule has 0 bridgehead atoms. The van der Waals surface area contributed by atoms with E-state index in [-0.39, 0.29) is 11.0 Å². The molecule has 5 rings (SSSR count). The van der Waals surface area contributed by atoms with Crippen molar-refractivity contribution in [3.05, 3.63) is 76.1 Å². The molecule has 0 amide bonds. The van der Waals surface area contributed by atoms with E-state index in [1.807, 2.05) is 0 Å². The Bertz CT molecular complexity index is 1350. The minimum atomic E-state index is -0.192. The smallest absolute Gasteiger partial charge is 0.266 e. The first kappa shape index (κ1) is 22.2. The van der Waals surface area contributed by atoms with Gasteiger partial charge in [0.25, 0.3) is 5.56 Å². The van der Waals surface area contributed by atoms with Crippen molar-refractivity contribution in [1.82, 2.24) is 19.6 Å². The summed E-state index contributed by atoms with van der Waals surface area (Å²) in [5.74, 6) is 1.20. The molecule has 34 heavy (non-hydrogen) atoms. The third-order valence-electron chi connectivity index (χ3n) is 6.46. The number of aromatic amines is 1. The summed E-state index contributed by atoms with van der Waals surface area (Å²) in [4.78, 5) is 23.9. The zero-order valence-electron chi connectivity index (χ0n) is 20.1. The molecule has 0 unspecified atom stereocenters. The van der Waals surface area contributed by atoms with E-state index in [9.17, 15) is 4.79 Å². The largest absolute Gasteiger partial charge is 0.371 e. The van der Waals surface area contributed by atoms with Crippen LogP contribution in [0.4, 0.5) is 11.6 Å². The molecule has 2 aromatic heterocycles. The number of fused-ring (bicyclic) bond motifs is 2. The molecule has 1 aliphatic rings. The second-order valence-corrected chi connectivity index (χ2v) is 10.0. The lowest BCUT2D eigenvalue weighted by Crippen LogP contribution is -2.31. The average Bonchev–Trinajstić information content (AvgIpc) is 3.21. The van der Waals surface area contributed by atoms with Gasteiger partial charge in [0.15, 0.2) is 11.5 Å². The summed E-state index contributed by atoms with van der Waals surface area (Å²) >= 11 is 0. The topological polar surface area (TPSA) is 78.3 Å². The van der Waals surface area contributed by atoms with Gasteiger partial charge >= 0.3 is 0 Å². The summed E-state index contributed by atoms with van der Waals surface area (Å²) in [5.41, 5.74) is 5.42. The van der Waals surface area contributed by atoms with Crippen molar-refractivity contribution < 1.29 is 0 Å². The molecular weight excluding hydrogens is 424 g/mol. The normalized spacial score (nSPS) is 13.8. The number of benzene rings is 2. The van der Waals surface area contributed by atoms with Gasteiger partial charge in [-0.25, -0.2) is 9.50 Å². The van der Waals surface area contributed by atoms with Crippen molar-refractivity contribution >= 4 is 17.3 Å². The highest BCUT2D eigenvalue weighted by Gasteiger charge is 2.17. The van der Waals surface area contributed by atoms with Crippen LogP contribution in [0.25, 0.3) is 17.0 Å². The molecule has 3 heterocycles. The van der Waals surface area contributed by atoms with Crippen LogP contribution in [0.3, 0.4) is 0 Å². The van der Waals surface area contributed by atoms with Crippen LogP contribution < -0.4 is 15.8 Å². The first-order valence-electron chi connectivity index (χ1n) is 12.1. The third kappa shape index (κ3) is 4.55. The van der Waals surface area contributed by atoms with Gasteiger partial charge < -0.3 is 10.2 Å². The second kappa shape index (κ2) is 8.97. The fourth-order valence-electron chi connectivity index (χ4n) is 4.59. The number of hydrogen-bond donors (Lipinski definition) is 2. The van der Waals surface area contributed by atoms with E-state index >= 15 is 0 Å². The number of aryl methyl sites for hydroxylation is 1. The molecule has 0 atom stereocenters. The maximum Gasteiger partial charge on any atom is 0.266 e. The summed E-state index contributed by atoms with van der Waals surface area (Å²) < 4.78 is 1.63. The average molecular weight is 457 g/mol. The highest BCUT2D eigenvalue weighted by atomic mass is 16.1. The van der Waals surface area contributed by atoms with Crippen molar-refractivity contribution in [3.8, 4) is 11.4 Å². The van der Waals surface area contributed by atoms with Crippen molar-refractivity contribution in [2.45, 2.75) is 45.4 Å². The van der Waals surface area contributed by atoms with Gasteiger partial charge in [0, 0.05) is 37.0 Å². The number of nitrogens with zero attached hydrogens (tertiary/aromatic N) is 4. The fourth-order valence-corrected chi connectivity index (χ4v) is 4.59.